The first-order chi connectivity index (χ1) is 12.2. The van der Waals surface area contributed by atoms with E-state index in [1.165, 1.54) is 37.2 Å². The van der Waals surface area contributed by atoms with Crippen molar-refractivity contribution in [2.45, 2.75) is 46.0 Å². The molecule has 3 aliphatic rings. The Morgan fingerprint density at radius 2 is 2.00 bits per heavy atom. The number of hydrogen-bond acceptors (Lipinski definition) is 5. The summed E-state index contributed by atoms with van der Waals surface area (Å²) in [7, 11) is 0. The smallest absolute Gasteiger partial charge is 0.205 e. The number of aromatic nitrogens is 2. The molecule has 6 nitrogen and oxygen atoms in total. The molecule has 0 unspecified atom stereocenters. The zero-order chi connectivity index (χ0) is 17.3. The van der Waals surface area contributed by atoms with Crippen LogP contribution in [0.4, 0.5) is 5.13 Å². The number of nitrogens with one attached hydrogen (secondary N) is 1. The molecule has 0 radical (unpaired) electrons. The van der Waals surface area contributed by atoms with Gasteiger partial charge in [-0.15, -0.1) is 0 Å². The summed E-state index contributed by atoms with van der Waals surface area (Å²) in [6.45, 7) is 10.2. The third kappa shape index (κ3) is 3.76. The maximum atomic E-state index is 5.04. The SMILES string of the molecule is CCNC(=NCC1(C2CC2)CC1)N1CCN(c2nc(CC)ns2)CC1. The molecule has 2 aliphatic carbocycles. The van der Waals surface area contributed by atoms with Crippen LogP contribution in [0.5, 0.6) is 0 Å². The molecule has 138 valence electrons. The van der Waals surface area contributed by atoms with Crippen molar-refractivity contribution < 1.29 is 0 Å². The average Bonchev–Trinajstić information content (AvgIpc) is 3.56. The predicted molar refractivity (Wildman–Crippen MR) is 103 cm³/mol. The molecular formula is C18H30N6S. The van der Waals surface area contributed by atoms with Crippen molar-refractivity contribution in [2.24, 2.45) is 16.3 Å². The highest BCUT2D eigenvalue weighted by molar-refractivity contribution is 7.09. The zero-order valence-electron chi connectivity index (χ0n) is 15.5. The van der Waals surface area contributed by atoms with Gasteiger partial charge in [0.25, 0.3) is 0 Å². The molecule has 7 heteroatoms. The van der Waals surface area contributed by atoms with Crippen LogP contribution >= 0.6 is 11.5 Å². The summed E-state index contributed by atoms with van der Waals surface area (Å²) < 4.78 is 4.42. The van der Waals surface area contributed by atoms with Gasteiger partial charge in [0, 0.05) is 57.2 Å². The maximum absolute atomic E-state index is 5.04. The molecule has 3 fully saturated rings. The van der Waals surface area contributed by atoms with Crippen LogP contribution in [-0.2, 0) is 6.42 Å². The normalized spacial score (nSPS) is 23.0. The van der Waals surface area contributed by atoms with E-state index < -0.39 is 0 Å². The highest BCUT2D eigenvalue weighted by Gasteiger charge is 2.53. The van der Waals surface area contributed by atoms with Gasteiger partial charge >= 0.3 is 0 Å². The quantitative estimate of drug-likeness (QED) is 0.622. The molecule has 0 bridgehead atoms. The number of piperazine rings is 1. The molecule has 1 N–H and O–H groups in total. The largest absolute Gasteiger partial charge is 0.357 e. The van der Waals surface area contributed by atoms with E-state index in [1.54, 1.807) is 0 Å². The van der Waals surface area contributed by atoms with Gasteiger partial charge in [0.15, 0.2) is 5.96 Å². The molecular weight excluding hydrogens is 332 g/mol. The van der Waals surface area contributed by atoms with Crippen molar-refractivity contribution in [3.63, 3.8) is 0 Å². The Morgan fingerprint density at radius 1 is 1.24 bits per heavy atom. The van der Waals surface area contributed by atoms with Gasteiger partial charge in [-0.2, -0.15) is 4.37 Å². The number of nitrogens with zero attached hydrogens (tertiary/aromatic N) is 5. The van der Waals surface area contributed by atoms with E-state index in [9.17, 15) is 0 Å². The summed E-state index contributed by atoms with van der Waals surface area (Å²) in [6.07, 6.45) is 6.57. The minimum absolute atomic E-state index is 0.575. The summed E-state index contributed by atoms with van der Waals surface area (Å²) in [6, 6.07) is 0. The van der Waals surface area contributed by atoms with Gasteiger partial charge in [0.2, 0.25) is 5.13 Å². The van der Waals surface area contributed by atoms with E-state index in [-0.39, 0.29) is 0 Å². The van der Waals surface area contributed by atoms with Crippen molar-refractivity contribution in [1.29, 1.82) is 0 Å². The fourth-order valence-corrected chi connectivity index (χ4v) is 4.64. The Morgan fingerprint density at radius 3 is 2.56 bits per heavy atom. The Kier molecular flexibility index (Phi) is 4.84. The number of aliphatic imine (C=N–C) groups is 1. The molecule has 25 heavy (non-hydrogen) atoms. The van der Waals surface area contributed by atoms with E-state index in [1.807, 2.05) is 0 Å². The van der Waals surface area contributed by atoms with Crippen LogP contribution in [0.25, 0.3) is 0 Å². The van der Waals surface area contributed by atoms with Gasteiger partial charge in [-0.1, -0.05) is 6.92 Å². The highest BCUT2D eigenvalue weighted by atomic mass is 32.1. The summed E-state index contributed by atoms with van der Waals surface area (Å²) in [4.78, 5) is 14.5. The molecule has 1 aromatic heterocycles. The Labute approximate surface area is 154 Å². The zero-order valence-corrected chi connectivity index (χ0v) is 16.3. The van der Waals surface area contributed by atoms with Crippen LogP contribution < -0.4 is 10.2 Å². The Balaban J connectivity index is 1.35. The fourth-order valence-electron chi connectivity index (χ4n) is 3.84. The second kappa shape index (κ2) is 7.09. The standard InChI is InChI=1S/C18H30N6S/c1-3-15-21-17(25-22-15)24-11-9-23(10-12-24)16(19-4-2)20-13-18(7-8-18)14-5-6-14/h14H,3-13H2,1-2H3,(H,19,20). The van der Waals surface area contributed by atoms with Crippen molar-refractivity contribution in [1.82, 2.24) is 19.6 Å². The number of anilines is 1. The van der Waals surface area contributed by atoms with Crippen LogP contribution in [0.15, 0.2) is 4.99 Å². The molecule has 1 aliphatic heterocycles. The Hall–Kier alpha value is -1.37. The maximum Gasteiger partial charge on any atom is 0.205 e. The minimum atomic E-state index is 0.575. The van der Waals surface area contributed by atoms with Gasteiger partial charge in [-0.25, -0.2) is 4.98 Å². The lowest BCUT2D eigenvalue weighted by atomic mass is 10.0. The molecule has 1 saturated heterocycles. The lowest BCUT2D eigenvalue weighted by Gasteiger charge is -2.36. The van der Waals surface area contributed by atoms with Gasteiger partial charge in [0.1, 0.15) is 5.82 Å². The van der Waals surface area contributed by atoms with E-state index in [0.717, 1.165) is 68.5 Å². The molecule has 0 amide bonds. The van der Waals surface area contributed by atoms with Gasteiger partial charge in [0.05, 0.1) is 0 Å². The highest BCUT2D eigenvalue weighted by Crippen LogP contribution is 2.61. The average molecular weight is 363 g/mol. The van der Waals surface area contributed by atoms with Gasteiger partial charge < -0.3 is 15.1 Å². The summed E-state index contributed by atoms with van der Waals surface area (Å²) in [5, 5.41) is 4.59. The number of hydrogen-bond donors (Lipinski definition) is 1. The molecule has 0 spiro atoms. The topological polar surface area (TPSA) is 56.7 Å². The van der Waals surface area contributed by atoms with Crippen LogP contribution in [0, 0.1) is 11.3 Å². The second-order valence-electron chi connectivity index (χ2n) is 7.63. The predicted octanol–water partition coefficient (Wildman–Crippen LogP) is 2.38. The summed E-state index contributed by atoms with van der Waals surface area (Å²) in [5.74, 6) is 3.05. The number of guanidine groups is 1. The van der Waals surface area contributed by atoms with Crippen LogP contribution in [-0.4, -0.2) is 59.5 Å². The first-order valence-corrected chi connectivity index (χ1v) is 10.6. The third-order valence-corrected chi connectivity index (χ3v) is 6.65. The second-order valence-corrected chi connectivity index (χ2v) is 8.36. The van der Waals surface area contributed by atoms with Crippen LogP contribution in [0.2, 0.25) is 0 Å². The summed E-state index contributed by atoms with van der Waals surface area (Å²) in [5.41, 5.74) is 0.575. The monoisotopic (exact) mass is 362 g/mol. The van der Waals surface area contributed by atoms with E-state index >= 15 is 0 Å². The lowest BCUT2D eigenvalue weighted by molar-refractivity contribution is 0.368. The number of aryl methyl sites for hydroxylation is 1. The summed E-state index contributed by atoms with van der Waals surface area (Å²) >= 11 is 1.53. The van der Waals surface area contributed by atoms with E-state index in [0.29, 0.717) is 5.41 Å². The van der Waals surface area contributed by atoms with E-state index in [4.69, 9.17) is 4.99 Å². The van der Waals surface area contributed by atoms with Crippen molar-refractivity contribution in [3.8, 4) is 0 Å². The van der Waals surface area contributed by atoms with Crippen molar-refractivity contribution in [3.05, 3.63) is 5.82 Å². The Bertz CT molecular complexity index is 611. The van der Waals surface area contributed by atoms with E-state index in [2.05, 4.69) is 38.3 Å². The van der Waals surface area contributed by atoms with Crippen molar-refractivity contribution >= 4 is 22.6 Å². The fraction of sp³-hybridized carbons (Fsp3) is 0.833. The molecule has 1 aromatic rings. The first-order valence-electron chi connectivity index (χ1n) is 9.85. The van der Waals surface area contributed by atoms with Gasteiger partial charge in [-0.05, 0) is 43.9 Å². The molecule has 2 heterocycles. The van der Waals surface area contributed by atoms with Crippen LogP contribution in [0.3, 0.4) is 0 Å². The third-order valence-electron chi connectivity index (χ3n) is 5.84. The minimum Gasteiger partial charge on any atom is -0.357 e. The molecule has 0 aromatic carbocycles. The van der Waals surface area contributed by atoms with Gasteiger partial charge in [-0.3, -0.25) is 4.99 Å². The molecule has 0 atom stereocenters. The first kappa shape index (κ1) is 17.1. The van der Waals surface area contributed by atoms with Crippen LogP contribution in [0.1, 0.15) is 45.4 Å². The number of rotatable bonds is 6. The molecule has 2 saturated carbocycles. The van der Waals surface area contributed by atoms with Crippen molar-refractivity contribution in [2.75, 3.05) is 44.2 Å². The lowest BCUT2D eigenvalue weighted by Crippen LogP contribution is -2.52. The molecule has 4 rings (SSSR count).